The van der Waals surface area contributed by atoms with Crippen LogP contribution in [0, 0.1) is 11.3 Å². The van der Waals surface area contributed by atoms with Gasteiger partial charge in [0, 0.05) is 28.9 Å². The van der Waals surface area contributed by atoms with Crippen LogP contribution in [0.25, 0.3) is 10.9 Å². The van der Waals surface area contributed by atoms with Crippen LogP contribution < -0.4 is 24.8 Å². The largest absolute Gasteiger partial charge is 0.493 e. The molecule has 1 amide bonds. The first-order valence-corrected chi connectivity index (χ1v) is 13.0. The van der Waals surface area contributed by atoms with Crippen LogP contribution in [0.2, 0.25) is 0 Å². The Labute approximate surface area is 216 Å². The van der Waals surface area contributed by atoms with Crippen LogP contribution in [-0.4, -0.2) is 42.0 Å². The average molecular weight is 504 g/mol. The summed E-state index contributed by atoms with van der Waals surface area (Å²) < 4.78 is 17.0. The molecule has 194 valence electrons. The van der Waals surface area contributed by atoms with Gasteiger partial charge >= 0.3 is 0 Å². The minimum atomic E-state index is -0.817. The third-order valence-electron chi connectivity index (χ3n) is 8.50. The van der Waals surface area contributed by atoms with E-state index in [1.807, 2.05) is 36.4 Å². The van der Waals surface area contributed by atoms with E-state index in [1.54, 1.807) is 26.5 Å². The van der Waals surface area contributed by atoms with E-state index in [0.717, 1.165) is 36.1 Å². The third kappa shape index (κ3) is 4.38. The van der Waals surface area contributed by atoms with Gasteiger partial charge in [-0.1, -0.05) is 0 Å². The number of carbonyl (C=O) groups excluding carboxylic acids is 1. The van der Waals surface area contributed by atoms with Crippen LogP contribution in [0.1, 0.15) is 44.9 Å². The fourth-order valence-corrected chi connectivity index (χ4v) is 6.11. The van der Waals surface area contributed by atoms with E-state index in [1.165, 1.54) is 12.8 Å². The Bertz CT molecular complexity index is 1310. The summed E-state index contributed by atoms with van der Waals surface area (Å²) in [5.41, 5.74) is 0.666. The van der Waals surface area contributed by atoms with Crippen molar-refractivity contribution in [2.24, 2.45) is 11.3 Å². The Balaban J connectivity index is 1.13. The number of aliphatic hydroxyl groups is 1. The molecule has 3 saturated carbocycles. The zero-order valence-corrected chi connectivity index (χ0v) is 21.3. The molecule has 8 nitrogen and oxygen atoms in total. The van der Waals surface area contributed by atoms with Gasteiger partial charge in [0.15, 0.2) is 11.5 Å². The van der Waals surface area contributed by atoms with Gasteiger partial charge in [-0.3, -0.25) is 15.1 Å². The number of nitrogens with zero attached hydrogens (tertiary/aromatic N) is 1. The third-order valence-corrected chi connectivity index (χ3v) is 8.50. The highest BCUT2D eigenvalue weighted by Gasteiger charge is 2.58. The molecule has 0 radical (unpaired) electrons. The Hall–Kier alpha value is -3.36. The number of fused-ring (bicyclic) bond motifs is 3. The molecule has 3 aromatic rings. The van der Waals surface area contributed by atoms with E-state index in [4.69, 9.17) is 14.2 Å². The second-order valence-corrected chi connectivity index (χ2v) is 10.7. The Morgan fingerprint density at radius 2 is 1.70 bits per heavy atom. The number of rotatable bonds is 9. The monoisotopic (exact) mass is 503 g/mol. The van der Waals surface area contributed by atoms with Crippen molar-refractivity contribution in [2.75, 3.05) is 19.5 Å². The Morgan fingerprint density at radius 3 is 2.32 bits per heavy atom. The zero-order valence-electron chi connectivity index (χ0n) is 21.3. The van der Waals surface area contributed by atoms with E-state index < -0.39 is 11.6 Å². The summed E-state index contributed by atoms with van der Waals surface area (Å²) in [5, 5.41) is 18.3. The molecular weight excluding hydrogens is 470 g/mol. The predicted octanol–water partition coefficient (Wildman–Crippen LogP) is 5.00. The highest BCUT2D eigenvalue weighted by atomic mass is 16.5. The van der Waals surface area contributed by atoms with Crippen molar-refractivity contribution in [3.8, 4) is 23.0 Å². The minimum absolute atomic E-state index is 0.0191. The number of amides is 1. The van der Waals surface area contributed by atoms with Crippen LogP contribution in [0.5, 0.6) is 23.0 Å². The number of hydrogen-bond acceptors (Lipinski definition) is 7. The topological polar surface area (TPSA) is 102 Å². The summed E-state index contributed by atoms with van der Waals surface area (Å²) in [4.78, 5) is 17.6. The van der Waals surface area contributed by atoms with Gasteiger partial charge in [0.25, 0.3) is 0 Å². The maximum absolute atomic E-state index is 13.2. The fourth-order valence-electron chi connectivity index (χ4n) is 6.11. The average Bonchev–Trinajstić information content (AvgIpc) is 3.52. The van der Waals surface area contributed by atoms with E-state index >= 15 is 0 Å². The second kappa shape index (κ2) is 9.19. The Morgan fingerprint density at radius 1 is 1.00 bits per heavy atom. The molecule has 6 rings (SSSR count). The molecule has 3 fully saturated rings. The van der Waals surface area contributed by atoms with E-state index in [2.05, 4.69) is 15.6 Å². The second-order valence-electron chi connectivity index (χ2n) is 10.7. The standard InChI is InChI=1S/C29H33N3O5/c1-35-24-15-21-22(16-25(24)36-2)30-14-9-23(21)37-20-5-3-19(4-6-20)31-26(33)29(12-13-29)27(34)32-28-10-7-18(17-28)8-11-28/h3-6,9,14-16,18,27,32,34H,7-8,10-13,17H2,1-2H3,(H,31,33). The summed E-state index contributed by atoms with van der Waals surface area (Å²) in [6, 6.07) is 12.7. The van der Waals surface area contributed by atoms with Crippen LogP contribution in [0.4, 0.5) is 5.69 Å². The summed E-state index contributed by atoms with van der Waals surface area (Å²) >= 11 is 0. The summed E-state index contributed by atoms with van der Waals surface area (Å²) in [5.74, 6) is 3.10. The normalized spacial score (nSPS) is 24.0. The van der Waals surface area contributed by atoms with Crippen LogP contribution >= 0.6 is 0 Å². The maximum Gasteiger partial charge on any atom is 0.234 e. The molecule has 1 heterocycles. The quantitative estimate of drug-likeness (QED) is 0.353. The molecule has 3 N–H and O–H groups in total. The van der Waals surface area contributed by atoms with Crippen molar-refractivity contribution in [1.82, 2.24) is 10.3 Å². The van der Waals surface area contributed by atoms with Crippen molar-refractivity contribution in [3.63, 3.8) is 0 Å². The molecule has 1 aromatic heterocycles. The predicted molar refractivity (Wildman–Crippen MR) is 140 cm³/mol. The summed E-state index contributed by atoms with van der Waals surface area (Å²) in [6.45, 7) is 0. The molecule has 2 aromatic carbocycles. The number of benzene rings is 2. The Kier molecular flexibility index (Phi) is 5.96. The lowest BCUT2D eigenvalue weighted by Crippen LogP contribution is -2.53. The van der Waals surface area contributed by atoms with E-state index in [-0.39, 0.29) is 11.4 Å². The maximum atomic E-state index is 13.2. The van der Waals surface area contributed by atoms with Crippen molar-refractivity contribution in [3.05, 3.63) is 48.7 Å². The molecule has 3 aliphatic carbocycles. The van der Waals surface area contributed by atoms with Crippen molar-refractivity contribution >= 4 is 22.5 Å². The molecule has 37 heavy (non-hydrogen) atoms. The number of ether oxygens (including phenoxy) is 3. The summed E-state index contributed by atoms with van der Waals surface area (Å²) in [6.07, 6.45) is 8.02. The molecular formula is C29H33N3O5. The van der Waals surface area contributed by atoms with E-state index in [0.29, 0.717) is 41.5 Å². The number of nitrogens with one attached hydrogen (secondary N) is 2. The van der Waals surface area contributed by atoms with Gasteiger partial charge in [-0.05, 0) is 87.3 Å². The molecule has 0 saturated heterocycles. The molecule has 1 atom stereocenters. The van der Waals surface area contributed by atoms with Crippen LogP contribution in [0.15, 0.2) is 48.7 Å². The number of pyridine rings is 1. The van der Waals surface area contributed by atoms with Gasteiger partial charge in [0.1, 0.15) is 17.7 Å². The first kappa shape index (κ1) is 24.0. The van der Waals surface area contributed by atoms with Gasteiger partial charge in [0.2, 0.25) is 5.91 Å². The molecule has 0 spiro atoms. The van der Waals surface area contributed by atoms with Crippen molar-refractivity contribution in [2.45, 2.75) is 56.7 Å². The van der Waals surface area contributed by atoms with Gasteiger partial charge < -0.3 is 24.6 Å². The smallest absolute Gasteiger partial charge is 0.234 e. The molecule has 8 heteroatoms. The van der Waals surface area contributed by atoms with Gasteiger partial charge in [0.05, 0.1) is 25.2 Å². The molecule has 3 aliphatic rings. The SMILES string of the molecule is COc1cc2nccc(Oc3ccc(NC(=O)C4(C(O)NC56CCC(CC5)C6)CC4)cc3)c2cc1OC. The highest BCUT2D eigenvalue weighted by Crippen LogP contribution is 2.53. The summed E-state index contributed by atoms with van der Waals surface area (Å²) in [7, 11) is 3.18. The lowest BCUT2D eigenvalue weighted by Gasteiger charge is -2.34. The zero-order chi connectivity index (χ0) is 25.6. The number of methoxy groups -OCH3 is 2. The number of anilines is 1. The van der Waals surface area contributed by atoms with E-state index in [9.17, 15) is 9.90 Å². The molecule has 1 unspecified atom stereocenters. The van der Waals surface area contributed by atoms with Gasteiger partial charge in [-0.15, -0.1) is 0 Å². The van der Waals surface area contributed by atoms with Gasteiger partial charge in [-0.25, -0.2) is 0 Å². The van der Waals surface area contributed by atoms with Crippen molar-refractivity contribution in [1.29, 1.82) is 0 Å². The lowest BCUT2D eigenvalue weighted by molar-refractivity contribution is -0.127. The minimum Gasteiger partial charge on any atom is -0.493 e. The van der Waals surface area contributed by atoms with Crippen LogP contribution in [-0.2, 0) is 4.79 Å². The van der Waals surface area contributed by atoms with Crippen molar-refractivity contribution < 1.29 is 24.1 Å². The first-order chi connectivity index (χ1) is 17.9. The highest BCUT2D eigenvalue weighted by molar-refractivity contribution is 5.97. The molecule has 2 bridgehead atoms. The fraction of sp³-hybridized carbons (Fsp3) is 0.448. The number of carbonyl (C=O) groups is 1. The number of aliphatic hydroxyl groups excluding tert-OH is 1. The van der Waals surface area contributed by atoms with Crippen LogP contribution in [0.3, 0.4) is 0 Å². The number of hydrogen-bond donors (Lipinski definition) is 3. The first-order valence-electron chi connectivity index (χ1n) is 13.0. The van der Waals surface area contributed by atoms with Gasteiger partial charge in [-0.2, -0.15) is 0 Å². The number of aromatic nitrogens is 1. The molecule has 0 aliphatic heterocycles. The lowest BCUT2D eigenvalue weighted by atomic mass is 9.91.